The predicted molar refractivity (Wildman–Crippen MR) is 72.3 cm³/mol. The fourth-order valence-electron chi connectivity index (χ4n) is 1.41. The second-order valence-electron chi connectivity index (χ2n) is 3.92. The van der Waals surface area contributed by atoms with Gasteiger partial charge in [-0.05, 0) is 18.1 Å². The highest BCUT2D eigenvalue weighted by Crippen LogP contribution is 2.16. The second-order valence-corrected chi connectivity index (χ2v) is 5.04. The van der Waals surface area contributed by atoms with E-state index in [4.69, 9.17) is 5.11 Å². The molecule has 2 N–H and O–H groups in total. The molecule has 0 aromatic heterocycles. The quantitative estimate of drug-likeness (QED) is 0.849. The zero-order chi connectivity index (χ0) is 12.8. The summed E-state index contributed by atoms with van der Waals surface area (Å²) < 4.78 is 0.911. The molecule has 92 valence electrons. The fourth-order valence-corrected chi connectivity index (χ4v) is 1.61. The number of carboxylic acid groups (broad SMARTS) is 1. The van der Waals surface area contributed by atoms with Crippen LogP contribution >= 0.6 is 15.9 Å². The molecule has 0 aliphatic heterocycles. The van der Waals surface area contributed by atoms with E-state index in [1.54, 1.807) is 6.92 Å². The van der Waals surface area contributed by atoms with E-state index in [1.807, 2.05) is 24.3 Å². The van der Waals surface area contributed by atoms with Gasteiger partial charge in [-0.15, -0.1) is 0 Å². The molecule has 1 unspecified atom stereocenters. The number of aliphatic carboxylic acids is 1. The van der Waals surface area contributed by atoms with Crippen molar-refractivity contribution in [3.63, 3.8) is 0 Å². The summed E-state index contributed by atoms with van der Waals surface area (Å²) in [6.45, 7) is 6.87. The fraction of sp³-hybridized carbons (Fsp3) is 0.308. The van der Waals surface area contributed by atoms with Gasteiger partial charge in [-0.3, -0.25) is 4.79 Å². The number of carboxylic acids is 1. The van der Waals surface area contributed by atoms with Gasteiger partial charge in [0, 0.05) is 17.6 Å². The van der Waals surface area contributed by atoms with Crippen molar-refractivity contribution in [2.45, 2.75) is 19.4 Å². The van der Waals surface area contributed by atoms with Crippen molar-refractivity contribution in [1.29, 1.82) is 0 Å². The second kappa shape index (κ2) is 6.57. The average molecular weight is 298 g/mol. The molecule has 0 spiro atoms. The normalized spacial score (nSPS) is 12.1. The molecule has 1 aromatic carbocycles. The Bertz CT molecular complexity index is 400. The number of nitrogens with one attached hydrogen (secondary N) is 1. The van der Waals surface area contributed by atoms with E-state index < -0.39 is 11.9 Å². The molecule has 1 atom stereocenters. The summed E-state index contributed by atoms with van der Waals surface area (Å²) >= 11 is 3.27. The van der Waals surface area contributed by atoms with Crippen LogP contribution in [0, 0.1) is 0 Å². The minimum Gasteiger partial charge on any atom is -0.481 e. The lowest BCUT2D eigenvalue weighted by atomic mass is 10.0. The first-order valence-electron chi connectivity index (χ1n) is 5.36. The van der Waals surface area contributed by atoms with Gasteiger partial charge < -0.3 is 10.4 Å². The van der Waals surface area contributed by atoms with E-state index in [1.165, 1.54) is 0 Å². The minimum atomic E-state index is -0.800. The standard InChI is InChI=1S/C13H16BrNO2/c1-9(14)7-15-8-11-3-5-12(6-4-11)10(2)13(16)17/h3-6,10,15H,1,7-8H2,2H3,(H,16,17). The summed E-state index contributed by atoms with van der Waals surface area (Å²) in [4.78, 5) is 10.8. The van der Waals surface area contributed by atoms with E-state index in [9.17, 15) is 4.79 Å². The van der Waals surface area contributed by atoms with Gasteiger partial charge in [0.2, 0.25) is 0 Å². The summed E-state index contributed by atoms with van der Waals surface area (Å²) in [7, 11) is 0. The van der Waals surface area contributed by atoms with Gasteiger partial charge in [0.1, 0.15) is 0 Å². The molecule has 0 aliphatic carbocycles. The third-order valence-corrected chi connectivity index (χ3v) is 2.78. The molecule has 0 radical (unpaired) electrons. The Kier molecular flexibility index (Phi) is 5.38. The maximum atomic E-state index is 10.8. The molecule has 0 fully saturated rings. The molecular formula is C13H16BrNO2. The molecule has 1 rings (SSSR count). The summed E-state index contributed by atoms with van der Waals surface area (Å²) in [5.41, 5.74) is 1.95. The third kappa shape index (κ3) is 4.71. The smallest absolute Gasteiger partial charge is 0.310 e. The van der Waals surface area contributed by atoms with Crippen molar-refractivity contribution < 1.29 is 9.90 Å². The maximum Gasteiger partial charge on any atom is 0.310 e. The van der Waals surface area contributed by atoms with E-state index in [0.29, 0.717) is 6.54 Å². The molecular weight excluding hydrogens is 282 g/mol. The highest BCUT2D eigenvalue weighted by Gasteiger charge is 2.12. The van der Waals surface area contributed by atoms with Crippen LogP contribution in [-0.4, -0.2) is 17.6 Å². The Morgan fingerprint density at radius 2 is 2.06 bits per heavy atom. The van der Waals surface area contributed by atoms with Gasteiger partial charge >= 0.3 is 5.97 Å². The van der Waals surface area contributed by atoms with Crippen LogP contribution in [0.3, 0.4) is 0 Å². The van der Waals surface area contributed by atoms with Crippen molar-refractivity contribution in [1.82, 2.24) is 5.32 Å². The largest absolute Gasteiger partial charge is 0.481 e. The number of hydrogen-bond acceptors (Lipinski definition) is 2. The first kappa shape index (κ1) is 13.9. The predicted octanol–water partition coefficient (Wildman–Crippen LogP) is 2.87. The summed E-state index contributed by atoms with van der Waals surface area (Å²) in [5.74, 6) is -1.26. The Balaban J connectivity index is 2.56. The molecule has 1 aromatic rings. The van der Waals surface area contributed by atoms with Crippen molar-refractivity contribution in [2.75, 3.05) is 6.54 Å². The highest BCUT2D eigenvalue weighted by molar-refractivity contribution is 9.11. The lowest BCUT2D eigenvalue weighted by molar-refractivity contribution is -0.138. The molecule has 0 saturated heterocycles. The lowest BCUT2D eigenvalue weighted by Crippen LogP contribution is -2.14. The van der Waals surface area contributed by atoms with Crippen molar-refractivity contribution in [2.24, 2.45) is 0 Å². The van der Waals surface area contributed by atoms with E-state index >= 15 is 0 Å². The van der Waals surface area contributed by atoms with E-state index in [-0.39, 0.29) is 0 Å². The molecule has 3 nitrogen and oxygen atoms in total. The molecule has 0 saturated carbocycles. The highest BCUT2D eigenvalue weighted by atomic mass is 79.9. The summed E-state index contributed by atoms with van der Waals surface area (Å²) in [6, 6.07) is 7.61. The van der Waals surface area contributed by atoms with Gasteiger partial charge in [-0.2, -0.15) is 0 Å². The molecule has 0 heterocycles. The molecule has 0 bridgehead atoms. The first-order valence-corrected chi connectivity index (χ1v) is 6.15. The average Bonchev–Trinajstić information content (AvgIpc) is 2.28. The van der Waals surface area contributed by atoms with Gasteiger partial charge in [0.05, 0.1) is 5.92 Å². The van der Waals surface area contributed by atoms with Crippen LogP contribution in [0.4, 0.5) is 0 Å². The van der Waals surface area contributed by atoms with Crippen molar-refractivity contribution in [3.05, 3.63) is 46.5 Å². The van der Waals surface area contributed by atoms with Crippen LogP contribution in [0.5, 0.6) is 0 Å². The zero-order valence-electron chi connectivity index (χ0n) is 9.74. The Morgan fingerprint density at radius 3 is 2.53 bits per heavy atom. The Hall–Kier alpha value is -1.13. The van der Waals surface area contributed by atoms with Crippen LogP contribution in [0.15, 0.2) is 35.3 Å². The van der Waals surface area contributed by atoms with E-state index in [2.05, 4.69) is 27.8 Å². The van der Waals surface area contributed by atoms with Crippen molar-refractivity contribution in [3.8, 4) is 0 Å². The summed E-state index contributed by atoms with van der Waals surface area (Å²) in [6.07, 6.45) is 0. The zero-order valence-corrected chi connectivity index (χ0v) is 11.3. The minimum absolute atomic E-state index is 0.459. The lowest BCUT2D eigenvalue weighted by Gasteiger charge is -2.08. The van der Waals surface area contributed by atoms with Crippen LogP contribution in [0.25, 0.3) is 0 Å². The topological polar surface area (TPSA) is 49.3 Å². The number of halogens is 1. The van der Waals surface area contributed by atoms with Crippen molar-refractivity contribution >= 4 is 21.9 Å². The number of hydrogen-bond donors (Lipinski definition) is 2. The Morgan fingerprint density at radius 1 is 1.47 bits per heavy atom. The van der Waals surface area contributed by atoms with Gasteiger partial charge in [0.15, 0.2) is 0 Å². The van der Waals surface area contributed by atoms with E-state index in [0.717, 1.165) is 22.2 Å². The van der Waals surface area contributed by atoms with Crippen LogP contribution in [0.2, 0.25) is 0 Å². The monoisotopic (exact) mass is 297 g/mol. The summed E-state index contributed by atoms with van der Waals surface area (Å²) in [5, 5.41) is 12.1. The number of carbonyl (C=O) groups is 1. The number of benzene rings is 1. The molecule has 4 heteroatoms. The van der Waals surface area contributed by atoms with Crippen LogP contribution in [-0.2, 0) is 11.3 Å². The van der Waals surface area contributed by atoms with Crippen LogP contribution < -0.4 is 5.32 Å². The maximum absolute atomic E-state index is 10.8. The first-order chi connectivity index (χ1) is 8.00. The third-order valence-electron chi connectivity index (χ3n) is 2.50. The van der Waals surface area contributed by atoms with Crippen LogP contribution in [0.1, 0.15) is 24.0 Å². The van der Waals surface area contributed by atoms with Gasteiger partial charge in [-0.25, -0.2) is 0 Å². The molecule has 17 heavy (non-hydrogen) atoms. The number of rotatable bonds is 6. The molecule has 0 amide bonds. The SMILES string of the molecule is C=C(Br)CNCc1ccc(C(C)C(=O)O)cc1. The Labute approximate surface area is 110 Å². The van der Waals surface area contributed by atoms with Gasteiger partial charge in [0.25, 0.3) is 0 Å². The van der Waals surface area contributed by atoms with Gasteiger partial charge in [-0.1, -0.05) is 46.8 Å². The molecule has 0 aliphatic rings.